The van der Waals surface area contributed by atoms with Crippen LogP contribution in [0.4, 0.5) is 0 Å². The van der Waals surface area contributed by atoms with E-state index in [9.17, 15) is 0 Å². The second-order valence-electron chi connectivity index (χ2n) is 0.803. The topological polar surface area (TPSA) is 47.6 Å². The molecule has 0 amide bonds. The number of hydrogen-bond donors (Lipinski definition) is 1. The summed E-state index contributed by atoms with van der Waals surface area (Å²) < 4.78 is 0. The summed E-state index contributed by atoms with van der Waals surface area (Å²) in [6.07, 6.45) is 4.77. The third kappa shape index (κ3) is 2.64. The van der Waals surface area contributed by atoms with Crippen LogP contribution < -0.4 is 5.73 Å². The van der Waals surface area contributed by atoms with Crippen molar-refractivity contribution in [3.05, 3.63) is 0 Å². The number of hydrogen-bond acceptors (Lipinski definition) is 2. The van der Waals surface area contributed by atoms with Crippen LogP contribution in [0.5, 0.6) is 0 Å². The van der Waals surface area contributed by atoms with Crippen molar-refractivity contribution in [1.29, 1.82) is 0 Å². The summed E-state index contributed by atoms with van der Waals surface area (Å²) in [5.74, 6) is 2.13. The van der Waals surface area contributed by atoms with Crippen LogP contribution in [0.15, 0.2) is 5.16 Å². The van der Waals surface area contributed by atoms with Gasteiger partial charge in [-0.05, 0) is 5.92 Å². The van der Waals surface area contributed by atoms with Crippen LogP contribution in [-0.2, 0) is 4.84 Å². The lowest BCUT2D eigenvalue weighted by molar-refractivity contribution is 0.213. The maximum atomic E-state index is 4.97. The first-order valence-electron chi connectivity index (χ1n) is 1.64. The Balaban J connectivity index is 3.57. The SMILES string of the molecule is C#CC(N)=NOC. The molecule has 0 aromatic heterocycles. The molecule has 0 aromatic rings. The van der Waals surface area contributed by atoms with Crippen molar-refractivity contribution < 1.29 is 4.84 Å². The molecule has 0 fully saturated rings. The van der Waals surface area contributed by atoms with Crippen molar-refractivity contribution in [1.82, 2.24) is 0 Å². The Morgan fingerprint density at radius 2 is 2.57 bits per heavy atom. The molecule has 0 atom stereocenters. The average Bonchev–Trinajstić information content (AvgIpc) is 1.68. The standard InChI is InChI=1S/C4H6N2O/c1-3-4(5)6-7-2/h1H,2H3,(H2,5,6). The smallest absolute Gasteiger partial charge is 0.214 e. The predicted molar refractivity (Wildman–Crippen MR) is 27.5 cm³/mol. The summed E-state index contributed by atoms with van der Waals surface area (Å²) >= 11 is 0. The fourth-order valence-corrected chi connectivity index (χ4v) is 0.125. The lowest BCUT2D eigenvalue weighted by Gasteiger charge is -1.83. The highest BCUT2D eigenvalue weighted by Gasteiger charge is 1.75. The number of rotatable bonds is 1. The van der Waals surface area contributed by atoms with Gasteiger partial charge in [-0.25, -0.2) is 0 Å². The Morgan fingerprint density at radius 3 is 2.71 bits per heavy atom. The molecule has 3 nitrogen and oxygen atoms in total. The van der Waals surface area contributed by atoms with E-state index in [-0.39, 0.29) is 5.84 Å². The summed E-state index contributed by atoms with van der Waals surface area (Å²) in [5.41, 5.74) is 4.97. The van der Waals surface area contributed by atoms with Gasteiger partial charge in [0.1, 0.15) is 7.11 Å². The Bertz CT molecular complexity index is 111. The van der Waals surface area contributed by atoms with Gasteiger partial charge in [0.15, 0.2) is 0 Å². The van der Waals surface area contributed by atoms with Crippen LogP contribution in [-0.4, -0.2) is 12.9 Å². The molecule has 7 heavy (non-hydrogen) atoms. The van der Waals surface area contributed by atoms with E-state index in [4.69, 9.17) is 12.2 Å². The molecular weight excluding hydrogens is 92.1 g/mol. The molecule has 0 saturated heterocycles. The number of nitrogens with two attached hydrogens (primary N) is 1. The zero-order valence-corrected chi connectivity index (χ0v) is 4.01. The van der Waals surface area contributed by atoms with Crippen LogP contribution in [0, 0.1) is 12.3 Å². The molecule has 0 aliphatic carbocycles. The normalized spacial score (nSPS) is 10.0. The van der Waals surface area contributed by atoms with Gasteiger partial charge >= 0.3 is 0 Å². The zero-order chi connectivity index (χ0) is 5.70. The van der Waals surface area contributed by atoms with E-state index in [1.54, 1.807) is 0 Å². The van der Waals surface area contributed by atoms with E-state index < -0.39 is 0 Å². The lowest BCUT2D eigenvalue weighted by Crippen LogP contribution is -2.07. The molecule has 0 bridgehead atoms. The Kier molecular flexibility index (Phi) is 2.53. The van der Waals surface area contributed by atoms with Gasteiger partial charge in [0, 0.05) is 0 Å². The predicted octanol–water partition coefficient (Wildman–Crippen LogP) is -0.462. The van der Waals surface area contributed by atoms with Crippen LogP contribution in [0.1, 0.15) is 0 Å². The number of terminal acetylenes is 1. The third-order valence-corrected chi connectivity index (χ3v) is 0.338. The molecule has 0 unspecified atom stereocenters. The van der Waals surface area contributed by atoms with Crippen LogP contribution in [0.2, 0.25) is 0 Å². The molecule has 0 heterocycles. The third-order valence-electron chi connectivity index (χ3n) is 0.338. The molecule has 0 spiro atoms. The second-order valence-corrected chi connectivity index (χ2v) is 0.803. The molecule has 3 heteroatoms. The fourth-order valence-electron chi connectivity index (χ4n) is 0.125. The van der Waals surface area contributed by atoms with E-state index in [0.717, 1.165) is 0 Å². The Labute approximate surface area is 42.1 Å². The quantitative estimate of drug-likeness (QED) is 0.209. The molecule has 0 saturated carbocycles. The minimum absolute atomic E-state index is 0.0579. The first-order valence-corrected chi connectivity index (χ1v) is 1.64. The lowest BCUT2D eigenvalue weighted by atomic mass is 10.7. The molecule has 38 valence electrons. The van der Waals surface area contributed by atoms with Gasteiger partial charge in [-0.3, -0.25) is 0 Å². The highest BCUT2D eigenvalue weighted by molar-refractivity contribution is 5.95. The molecule has 0 aromatic carbocycles. The van der Waals surface area contributed by atoms with E-state index in [0.29, 0.717) is 0 Å². The van der Waals surface area contributed by atoms with Crippen molar-refractivity contribution in [2.75, 3.05) is 7.11 Å². The van der Waals surface area contributed by atoms with Crippen molar-refractivity contribution in [3.63, 3.8) is 0 Å². The van der Waals surface area contributed by atoms with Crippen molar-refractivity contribution >= 4 is 5.84 Å². The summed E-state index contributed by atoms with van der Waals surface area (Å²) in [5, 5.41) is 3.20. The Morgan fingerprint density at radius 1 is 2.00 bits per heavy atom. The van der Waals surface area contributed by atoms with Crippen LogP contribution in [0.3, 0.4) is 0 Å². The molecule has 0 aliphatic heterocycles. The minimum atomic E-state index is 0.0579. The minimum Gasteiger partial charge on any atom is -0.397 e. The fraction of sp³-hybridized carbons (Fsp3) is 0.250. The number of nitrogens with zero attached hydrogens (tertiary/aromatic N) is 1. The van der Waals surface area contributed by atoms with Gasteiger partial charge in [0.25, 0.3) is 0 Å². The first-order chi connectivity index (χ1) is 3.31. The summed E-state index contributed by atoms with van der Waals surface area (Å²) in [6, 6.07) is 0. The average molecular weight is 98.1 g/mol. The first kappa shape index (κ1) is 5.83. The Hall–Kier alpha value is -1.17. The van der Waals surface area contributed by atoms with Crippen molar-refractivity contribution in [3.8, 4) is 12.3 Å². The van der Waals surface area contributed by atoms with E-state index in [1.165, 1.54) is 7.11 Å². The monoisotopic (exact) mass is 98.0 g/mol. The highest BCUT2D eigenvalue weighted by Crippen LogP contribution is 1.64. The number of oxime groups is 1. The van der Waals surface area contributed by atoms with Gasteiger partial charge < -0.3 is 10.6 Å². The zero-order valence-electron chi connectivity index (χ0n) is 4.01. The molecule has 0 aliphatic rings. The summed E-state index contributed by atoms with van der Waals surface area (Å²) in [7, 11) is 1.38. The van der Waals surface area contributed by atoms with Gasteiger partial charge in [-0.2, -0.15) is 0 Å². The maximum absolute atomic E-state index is 4.97. The molecule has 2 N–H and O–H groups in total. The molecular formula is C4H6N2O. The van der Waals surface area contributed by atoms with Gasteiger partial charge in [0.2, 0.25) is 5.84 Å². The van der Waals surface area contributed by atoms with E-state index in [2.05, 4.69) is 15.9 Å². The number of amidine groups is 1. The van der Waals surface area contributed by atoms with Crippen molar-refractivity contribution in [2.24, 2.45) is 10.9 Å². The summed E-state index contributed by atoms with van der Waals surface area (Å²) in [6.45, 7) is 0. The largest absolute Gasteiger partial charge is 0.397 e. The highest BCUT2D eigenvalue weighted by atomic mass is 16.6. The van der Waals surface area contributed by atoms with Gasteiger partial charge in [-0.15, -0.1) is 6.42 Å². The summed E-state index contributed by atoms with van der Waals surface area (Å²) in [4.78, 5) is 4.21. The van der Waals surface area contributed by atoms with Crippen LogP contribution in [0.25, 0.3) is 0 Å². The second kappa shape index (κ2) is 3.04. The van der Waals surface area contributed by atoms with Crippen molar-refractivity contribution in [2.45, 2.75) is 0 Å². The maximum Gasteiger partial charge on any atom is 0.214 e. The molecule has 0 radical (unpaired) electrons. The van der Waals surface area contributed by atoms with Gasteiger partial charge in [0.05, 0.1) is 0 Å². The van der Waals surface area contributed by atoms with E-state index >= 15 is 0 Å². The van der Waals surface area contributed by atoms with E-state index in [1.807, 2.05) is 0 Å². The van der Waals surface area contributed by atoms with Gasteiger partial charge in [-0.1, -0.05) is 5.16 Å². The molecule has 0 rings (SSSR count). The van der Waals surface area contributed by atoms with Crippen LogP contribution >= 0.6 is 0 Å².